The fraction of sp³-hybridized carbons (Fsp3) is 0.577. The molecule has 2 saturated carbocycles. The summed E-state index contributed by atoms with van der Waals surface area (Å²) in [6, 6.07) is 5.45. The van der Waals surface area contributed by atoms with Crippen LogP contribution < -0.4 is 14.6 Å². The summed E-state index contributed by atoms with van der Waals surface area (Å²) < 4.78 is 27.6. The Labute approximate surface area is 216 Å². The monoisotopic (exact) mass is 531 g/mol. The molecule has 0 radical (unpaired) electrons. The molecule has 0 spiro atoms. The molecule has 0 saturated heterocycles. The molecule has 3 unspecified atom stereocenters. The molecule has 3 aliphatic rings. The van der Waals surface area contributed by atoms with E-state index in [0.29, 0.717) is 41.5 Å². The van der Waals surface area contributed by atoms with E-state index in [0.717, 1.165) is 49.0 Å². The van der Waals surface area contributed by atoms with Crippen molar-refractivity contribution in [3.05, 3.63) is 40.4 Å². The third-order valence-electron chi connectivity index (χ3n) is 8.60. The van der Waals surface area contributed by atoms with Gasteiger partial charge in [-0.3, -0.25) is 9.59 Å². The molecule has 5 atom stereocenters. The van der Waals surface area contributed by atoms with E-state index >= 15 is 0 Å². The normalized spacial score (nSPS) is 29.2. The van der Waals surface area contributed by atoms with Crippen molar-refractivity contribution < 1.29 is 22.2 Å². The molecule has 10 heteroatoms. The van der Waals surface area contributed by atoms with E-state index in [-0.39, 0.29) is 23.0 Å². The summed E-state index contributed by atoms with van der Waals surface area (Å²) in [6.45, 7) is 4.12. The number of carbonyl (C=O) groups is 2. The molecular formula is C26H33N3O5S2. The van der Waals surface area contributed by atoms with Gasteiger partial charge in [-0.05, 0) is 92.4 Å². The Balaban J connectivity index is 1.28. The van der Waals surface area contributed by atoms with E-state index in [4.69, 9.17) is 9.32 Å². The summed E-state index contributed by atoms with van der Waals surface area (Å²) >= 11 is 1.47. The molecule has 0 aliphatic heterocycles. The van der Waals surface area contributed by atoms with E-state index in [9.17, 15) is 18.0 Å². The van der Waals surface area contributed by atoms with Gasteiger partial charge in [-0.15, -0.1) is 11.3 Å². The van der Waals surface area contributed by atoms with Crippen molar-refractivity contribution in [2.75, 3.05) is 5.32 Å². The molecule has 5 rings (SSSR count). The van der Waals surface area contributed by atoms with Crippen LogP contribution in [0.1, 0.15) is 73.8 Å². The lowest BCUT2D eigenvalue weighted by Gasteiger charge is -2.50. The van der Waals surface area contributed by atoms with E-state index in [2.05, 4.69) is 17.2 Å². The Kier molecular flexibility index (Phi) is 6.72. The van der Waals surface area contributed by atoms with Crippen LogP contribution >= 0.6 is 11.3 Å². The zero-order chi connectivity index (χ0) is 25.7. The fourth-order valence-corrected chi connectivity index (χ4v) is 8.24. The van der Waals surface area contributed by atoms with Crippen LogP contribution in [0.25, 0.3) is 0 Å². The van der Waals surface area contributed by atoms with Crippen molar-refractivity contribution in [3.8, 4) is 5.75 Å². The number of hydrogen-bond donors (Lipinski definition) is 2. The molecule has 3 aliphatic carbocycles. The van der Waals surface area contributed by atoms with E-state index in [1.165, 1.54) is 16.9 Å². The summed E-state index contributed by atoms with van der Waals surface area (Å²) in [5, 5.41) is 8.55. The zero-order valence-corrected chi connectivity index (χ0v) is 22.3. The molecule has 194 valence electrons. The number of aryl methyl sites for hydroxylation is 2. The number of hydrogen-bond acceptors (Lipinski definition) is 7. The highest BCUT2D eigenvalue weighted by Gasteiger charge is 2.58. The molecule has 0 bridgehead atoms. The van der Waals surface area contributed by atoms with Crippen LogP contribution in [-0.2, 0) is 26.3 Å². The number of ketones is 1. The van der Waals surface area contributed by atoms with Crippen molar-refractivity contribution in [2.45, 2.75) is 71.1 Å². The first kappa shape index (κ1) is 25.4. The van der Waals surface area contributed by atoms with Crippen LogP contribution in [0, 0.1) is 30.1 Å². The number of nitrogens with zero attached hydrogens (tertiary/aromatic N) is 1. The molecule has 1 heterocycles. The summed E-state index contributed by atoms with van der Waals surface area (Å²) in [6.07, 6.45) is 8.01. The van der Waals surface area contributed by atoms with E-state index < -0.39 is 10.3 Å². The minimum Gasteiger partial charge on any atom is -0.371 e. The number of aromatic nitrogens is 1. The van der Waals surface area contributed by atoms with Crippen LogP contribution in [0.4, 0.5) is 5.13 Å². The van der Waals surface area contributed by atoms with Gasteiger partial charge in [-0.2, -0.15) is 13.6 Å². The Bertz CT molecular complexity index is 1290. The molecule has 2 fully saturated rings. The van der Waals surface area contributed by atoms with Gasteiger partial charge in [-0.25, -0.2) is 4.98 Å². The molecule has 36 heavy (non-hydrogen) atoms. The van der Waals surface area contributed by atoms with Gasteiger partial charge in [0.25, 0.3) is 0 Å². The minimum absolute atomic E-state index is 0.0259. The Hall–Kier alpha value is -2.30. The van der Waals surface area contributed by atoms with Crippen molar-refractivity contribution in [1.29, 1.82) is 0 Å². The Morgan fingerprint density at radius 3 is 2.86 bits per heavy atom. The highest BCUT2D eigenvalue weighted by Crippen LogP contribution is 2.62. The van der Waals surface area contributed by atoms with Crippen molar-refractivity contribution in [3.63, 3.8) is 0 Å². The SMILES string of the molecule is Cc1cnc(NC(=O)CCC[C@@H]2CC(=O)[C@@]3(C)CCC4c5ccc(OS(N)(=O)=O)cc5CCC4C23)s1. The molecule has 1 aromatic carbocycles. The average Bonchev–Trinajstić information content (AvgIpc) is 3.31. The maximum atomic E-state index is 13.2. The first-order valence-corrected chi connectivity index (χ1v) is 14.9. The maximum absolute atomic E-state index is 13.2. The topological polar surface area (TPSA) is 128 Å². The van der Waals surface area contributed by atoms with Crippen LogP contribution in [0.3, 0.4) is 0 Å². The second kappa shape index (κ2) is 9.54. The highest BCUT2D eigenvalue weighted by atomic mass is 32.2. The standard InChI is InChI=1S/C26H33N3O5S2/c1-15-14-28-25(35-15)29-23(31)5-3-4-17-13-22(30)26(2)11-10-20-19-9-7-18(34-36(27,32)33)12-16(19)6-8-21(20)24(17)26/h7,9,12,14,17,20-21,24H,3-6,8,10-11,13H2,1-2H3,(H2,27,32,33)(H,28,29,31)/t17-,20?,21?,24?,26-/m1/s1. The minimum atomic E-state index is -4.06. The summed E-state index contributed by atoms with van der Waals surface area (Å²) in [4.78, 5) is 30.9. The summed E-state index contributed by atoms with van der Waals surface area (Å²) in [7, 11) is -4.06. The lowest BCUT2D eigenvalue weighted by molar-refractivity contribution is -0.129. The van der Waals surface area contributed by atoms with Crippen LogP contribution in [0.2, 0.25) is 0 Å². The number of benzene rings is 1. The number of nitrogens with two attached hydrogens (primary N) is 1. The molecular weight excluding hydrogens is 498 g/mol. The number of carbonyl (C=O) groups excluding carboxylic acids is 2. The smallest absolute Gasteiger partial charge is 0.371 e. The van der Waals surface area contributed by atoms with Crippen LogP contribution in [0.5, 0.6) is 5.75 Å². The van der Waals surface area contributed by atoms with Gasteiger partial charge < -0.3 is 9.50 Å². The number of nitrogens with one attached hydrogen (secondary N) is 1. The lowest BCUT2D eigenvalue weighted by Crippen LogP contribution is -2.44. The third-order valence-corrected chi connectivity index (χ3v) is 9.85. The van der Waals surface area contributed by atoms with Gasteiger partial charge >= 0.3 is 10.3 Å². The first-order chi connectivity index (χ1) is 17.0. The second-order valence-corrected chi connectivity index (χ2v) is 13.2. The predicted molar refractivity (Wildman–Crippen MR) is 138 cm³/mol. The maximum Gasteiger partial charge on any atom is 0.380 e. The molecule has 8 nitrogen and oxygen atoms in total. The van der Waals surface area contributed by atoms with Crippen molar-refractivity contribution >= 4 is 38.5 Å². The Morgan fingerprint density at radius 2 is 2.14 bits per heavy atom. The highest BCUT2D eigenvalue weighted by molar-refractivity contribution is 7.84. The van der Waals surface area contributed by atoms with Crippen LogP contribution in [0.15, 0.2) is 24.4 Å². The number of Topliss-reactive ketones (excluding diaryl/α,β-unsaturated/α-hetero) is 1. The second-order valence-electron chi connectivity index (χ2n) is 10.8. The summed E-state index contributed by atoms with van der Waals surface area (Å²) in [5.41, 5.74) is 2.06. The van der Waals surface area contributed by atoms with Gasteiger partial charge in [0.05, 0.1) is 0 Å². The number of anilines is 1. The predicted octanol–water partition coefficient (Wildman–Crippen LogP) is 4.49. The van der Waals surface area contributed by atoms with Gasteiger partial charge in [0, 0.05) is 29.3 Å². The number of amides is 1. The molecule has 1 aromatic heterocycles. The third kappa shape index (κ3) is 4.95. The average molecular weight is 532 g/mol. The lowest BCUT2D eigenvalue weighted by atomic mass is 9.54. The quantitative estimate of drug-likeness (QED) is 0.542. The summed E-state index contributed by atoms with van der Waals surface area (Å²) in [5.74, 6) is 1.95. The molecule has 2 aromatic rings. The van der Waals surface area contributed by atoms with Gasteiger partial charge in [0.1, 0.15) is 11.5 Å². The number of rotatable bonds is 7. The largest absolute Gasteiger partial charge is 0.380 e. The van der Waals surface area contributed by atoms with Gasteiger partial charge in [0.2, 0.25) is 5.91 Å². The van der Waals surface area contributed by atoms with Crippen LogP contribution in [-0.4, -0.2) is 25.1 Å². The van der Waals surface area contributed by atoms with Crippen molar-refractivity contribution in [2.24, 2.45) is 28.3 Å². The zero-order valence-electron chi connectivity index (χ0n) is 20.7. The Morgan fingerprint density at radius 1 is 1.33 bits per heavy atom. The number of thiazole rings is 1. The van der Waals surface area contributed by atoms with Gasteiger partial charge in [0.15, 0.2) is 5.13 Å². The first-order valence-electron chi connectivity index (χ1n) is 12.6. The number of fused-ring (bicyclic) bond motifs is 5. The fourth-order valence-electron chi connectivity index (χ4n) is 7.19. The molecule has 3 N–H and O–H groups in total. The van der Waals surface area contributed by atoms with Gasteiger partial charge in [-0.1, -0.05) is 13.0 Å². The van der Waals surface area contributed by atoms with E-state index in [1.807, 2.05) is 13.0 Å². The van der Waals surface area contributed by atoms with Crippen molar-refractivity contribution in [1.82, 2.24) is 4.98 Å². The van der Waals surface area contributed by atoms with E-state index in [1.54, 1.807) is 18.3 Å². The molecule has 1 amide bonds.